The molecule has 3 rings (SSSR count). The van der Waals surface area contributed by atoms with Crippen LogP contribution in [-0.4, -0.2) is 34.4 Å². The number of nitrogens with zero attached hydrogens (tertiary/aromatic N) is 4. The number of hydrogen-bond acceptors (Lipinski definition) is 8. The number of ether oxygens (including phenoxy) is 2. The highest BCUT2D eigenvalue weighted by atomic mass is 32.1. The largest absolute Gasteiger partial charge is 0.497 e. The van der Waals surface area contributed by atoms with Crippen LogP contribution < -0.4 is 14.8 Å². The summed E-state index contributed by atoms with van der Waals surface area (Å²) in [5, 5.41) is 12.2. The van der Waals surface area contributed by atoms with Gasteiger partial charge in [-0.2, -0.15) is 5.10 Å². The molecule has 0 bridgehead atoms. The lowest BCUT2D eigenvalue weighted by molar-refractivity contribution is 0.404. The fraction of sp³-hybridized carbons (Fsp3) is 0.294. The molecule has 1 aromatic carbocycles. The molecule has 1 N–H and O–H groups in total. The van der Waals surface area contributed by atoms with Gasteiger partial charge < -0.3 is 14.8 Å². The molecule has 2 aromatic heterocycles. The third-order valence-corrected chi connectivity index (χ3v) is 4.78. The normalized spacial score (nSPS) is 10.6. The summed E-state index contributed by atoms with van der Waals surface area (Å²) in [6, 6.07) is 5.54. The highest BCUT2D eigenvalue weighted by Gasteiger charge is 2.11. The van der Waals surface area contributed by atoms with Gasteiger partial charge in [-0.1, -0.05) is 0 Å². The number of aryl methyl sites for hydroxylation is 2. The van der Waals surface area contributed by atoms with Crippen LogP contribution in [-0.2, 0) is 6.54 Å². The first kappa shape index (κ1) is 17.1. The average Bonchev–Trinajstić information content (AvgIpc) is 2.97. The molecule has 7 nitrogen and oxygen atoms in total. The molecule has 0 aliphatic heterocycles. The summed E-state index contributed by atoms with van der Waals surface area (Å²) >= 11 is 1.66. The van der Waals surface area contributed by atoms with Crippen LogP contribution in [0.15, 0.2) is 24.4 Å². The van der Waals surface area contributed by atoms with Crippen LogP contribution in [0.1, 0.15) is 15.6 Å². The Morgan fingerprint density at radius 1 is 1.12 bits per heavy atom. The van der Waals surface area contributed by atoms with Gasteiger partial charge in [-0.05, 0) is 32.0 Å². The molecule has 25 heavy (non-hydrogen) atoms. The molecular formula is C17H19N5O2S. The van der Waals surface area contributed by atoms with E-state index in [2.05, 4.69) is 32.4 Å². The molecule has 0 saturated heterocycles. The lowest BCUT2D eigenvalue weighted by Crippen LogP contribution is -2.05. The summed E-state index contributed by atoms with van der Waals surface area (Å²) in [5.74, 6) is 1.85. The average molecular weight is 357 g/mol. The molecular weight excluding hydrogens is 338 g/mol. The zero-order chi connectivity index (χ0) is 17.8. The van der Waals surface area contributed by atoms with Crippen molar-refractivity contribution in [3.63, 3.8) is 0 Å². The van der Waals surface area contributed by atoms with Crippen molar-refractivity contribution in [3.8, 4) is 22.8 Å². The van der Waals surface area contributed by atoms with Crippen molar-refractivity contribution in [1.82, 2.24) is 20.2 Å². The van der Waals surface area contributed by atoms with Gasteiger partial charge in [0, 0.05) is 10.4 Å². The van der Waals surface area contributed by atoms with Gasteiger partial charge in [0.2, 0.25) is 5.95 Å². The quantitative estimate of drug-likeness (QED) is 0.725. The molecule has 0 aliphatic rings. The zero-order valence-corrected chi connectivity index (χ0v) is 15.3. The second-order valence-corrected chi connectivity index (χ2v) is 6.62. The van der Waals surface area contributed by atoms with E-state index in [4.69, 9.17) is 9.47 Å². The Kier molecular flexibility index (Phi) is 5.08. The van der Waals surface area contributed by atoms with Crippen LogP contribution >= 0.6 is 11.3 Å². The summed E-state index contributed by atoms with van der Waals surface area (Å²) in [5.41, 5.74) is 2.50. The van der Waals surface area contributed by atoms with E-state index in [0.29, 0.717) is 23.9 Å². The summed E-state index contributed by atoms with van der Waals surface area (Å²) in [7, 11) is 3.24. The number of hydrogen-bond donors (Lipinski definition) is 1. The Hall–Kier alpha value is -2.74. The monoisotopic (exact) mass is 357 g/mol. The molecule has 130 valence electrons. The highest BCUT2D eigenvalue weighted by molar-refractivity contribution is 7.11. The molecule has 0 spiro atoms. The summed E-state index contributed by atoms with van der Waals surface area (Å²) in [4.78, 5) is 10.2. The Morgan fingerprint density at radius 2 is 1.96 bits per heavy atom. The molecule has 3 aromatic rings. The van der Waals surface area contributed by atoms with Crippen LogP contribution in [0.4, 0.5) is 5.95 Å². The van der Waals surface area contributed by atoms with Crippen LogP contribution in [0.25, 0.3) is 11.3 Å². The fourth-order valence-electron chi connectivity index (χ4n) is 2.29. The first-order valence-corrected chi connectivity index (χ1v) is 8.51. The second-order valence-electron chi connectivity index (χ2n) is 5.33. The first-order valence-electron chi connectivity index (χ1n) is 7.69. The van der Waals surface area contributed by atoms with E-state index in [-0.39, 0.29) is 0 Å². The summed E-state index contributed by atoms with van der Waals surface area (Å²) in [6.07, 6.45) is 1.60. The van der Waals surface area contributed by atoms with Crippen molar-refractivity contribution in [2.45, 2.75) is 20.4 Å². The predicted octanol–water partition coefficient (Wildman–Crippen LogP) is 3.24. The zero-order valence-electron chi connectivity index (χ0n) is 14.5. The molecule has 0 radical (unpaired) electrons. The van der Waals surface area contributed by atoms with Gasteiger partial charge in [0.05, 0.1) is 38.3 Å². The summed E-state index contributed by atoms with van der Waals surface area (Å²) < 4.78 is 10.7. The van der Waals surface area contributed by atoms with E-state index in [1.165, 1.54) is 4.88 Å². The Balaban J connectivity index is 1.84. The van der Waals surface area contributed by atoms with E-state index < -0.39 is 0 Å². The minimum Gasteiger partial charge on any atom is -0.497 e. The number of nitrogens with one attached hydrogen (secondary N) is 1. The van der Waals surface area contributed by atoms with Crippen LogP contribution in [0.3, 0.4) is 0 Å². The van der Waals surface area contributed by atoms with Gasteiger partial charge in [-0.3, -0.25) is 0 Å². The van der Waals surface area contributed by atoms with E-state index >= 15 is 0 Å². The summed E-state index contributed by atoms with van der Waals surface area (Å²) in [6.45, 7) is 4.62. The lowest BCUT2D eigenvalue weighted by atomic mass is 10.1. The third-order valence-electron chi connectivity index (χ3n) is 3.71. The lowest BCUT2D eigenvalue weighted by Gasteiger charge is -2.10. The van der Waals surface area contributed by atoms with Crippen molar-refractivity contribution in [2.75, 3.05) is 19.5 Å². The van der Waals surface area contributed by atoms with Crippen molar-refractivity contribution in [3.05, 3.63) is 40.0 Å². The van der Waals surface area contributed by atoms with Gasteiger partial charge in [0.1, 0.15) is 16.5 Å². The van der Waals surface area contributed by atoms with E-state index in [1.807, 2.05) is 25.1 Å². The first-order chi connectivity index (χ1) is 12.1. The van der Waals surface area contributed by atoms with Crippen molar-refractivity contribution < 1.29 is 9.47 Å². The van der Waals surface area contributed by atoms with Gasteiger partial charge in [0.25, 0.3) is 0 Å². The van der Waals surface area contributed by atoms with E-state index in [0.717, 1.165) is 22.0 Å². The molecule has 0 unspecified atom stereocenters. The van der Waals surface area contributed by atoms with Gasteiger partial charge in [0.15, 0.2) is 0 Å². The SMILES string of the molecule is COc1ccc(OC)c(-c2cnnc(NCc3nc(C)c(C)s3)n2)c1. The van der Waals surface area contributed by atoms with Gasteiger partial charge in [-0.15, -0.1) is 16.4 Å². The molecule has 0 aliphatic carbocycles. The maximum Gasteiger partial charge on any atom is 0.243 e. The number of aromatic nitrogens is 4. The van der Waals surface area contributed by atoms with Crippen molar-refractivity contribution >= 4 is 17.3 Å². The second kappa shape index (κ2) is 7.43. The van der Waals surface area contributed by atoms with E-state index in [9.17, 15) is 0 Å². The maximum atomic E-state index is 5.41. The van der Waals surface area contributed by atoms with Gasteiger partial charge in [-0.25, -0.2) is 9.97 Å². The number of anilines is 1. The van der Waals surface area contributed by atoms with E-state index in [1.54, 1.807) is 31.8 Å². The highest BCUT2D eigenvalue weighted by Crippen LogP contribution is 2.32. The standard InChI is InChI=1S/C17H19N5O2S/c1-10-11(2)25-16(20-10)9-18-17-21-14(8-19-22-17)13-7-12(23-3)5-6-15(13)24-4/h5-8H,9H2,1-4H3,(H,18,21,22). The number of benzene rings is 1. The molecule has 2 heterocycles. The van der Waals surface area contributed by atoms with Crippen LogP contribution in [0.5, 0.6) is 11.5 Å². The molecule has 0 atom stereocenters. The van der Waals surface area contributed by atoms with Crippen molar-refractivity contribution in [1.29, 1.82) is 0 Å². The topological polar surface area (TPSA) is 82.0 Å². The molecule has 0 amide bonds. The van der Waals surface area contributed by atoms with Crippen LogP contribution in [0.2, 0.25) is 0 Å². The minimum atomic E-state index is 0.438. The molecule has 8 heteroatoms. The number of methoxy groups -OCH3 is 2. The van der Waals surface area contributed by atoms with Gasteiger partial charge >= 0.3 is 0 Å². The van der Waals surface area contributed by atoms with Crippen LogP contribution in [0, 0.1) is 13.8 Å². The predicted molar refractivity (Wildman–Crippen MR) is 97.3 cm³/mol. The Labute approximate surface area is 150 Å². The Morgan fingerprint density at radius 3 is 2.64 bits per heavy atom. The number of thiazole rings is 1. The van der Waals surface area contributed by atoms with Crippen molar-refractivity contribution in [2.24, 2.45) is 0 Å². The maximum absolute atomic E-state index is 5.41. The molecule has 0 fully saturated rings. The Bertz CT molecular complexity index is 862. The smallest absolute Gasteiger partial charge is 0.243 e. The fourth-order valence-corrected chi connectivity index (χ4v) is 3.17. The number of rotatable bonds is 6. The minimum absolute atomic E-state index is 0.438. The molecule has 0 saturated carbocycles. The third kappa shape index (κ3) is 3.85.